The van der Waals surface area contributed by atoms with Crippen molar-refractivity contribution in [2.75, 3.05) is 0 Å². The van der Waals surface area contributed by atoms with Gasteiger partial charge >= 0.3 is 194 Å². The summed E-state index contributed by atoms with van der Waals surface area (Å²) in [4.78, 5) is 0. The molecule has 0 fully saturated rings. The van der Waals surface area contributed by atoms with Crippen molar-refractivity contribution < 1.29 is 17.1 Å². The summed E-state index contributed by atoms with van der Waals surface area (Å²) in [6.07, 6.45) is 10.6. The van der Waals surface area contributed by atoms with E-state index in [1.165, 1.54) is 25.7 Å². The fourth-order valence-electron chi connectivity index (χ4n) is 5.59. The van der Waals surface area contributed by atoms with Crippen molar-refractivity contribution in [1.82, 2.24) is 0 Å². The zero-order chi connectivity index (χ0) is 23.3. The summed E-state index contributed by atoms with van der Waals surface area (Å²) in [6, 6.07) is 0. The second-order valence-electron chi connectivity index (χ2n) is 14.1. The first kappa shape index (κ1) is 33.1. The second kappa shape index (κ2) is 11.0. The van der Waals surface area contributed by atoms with E-state index in [0.29, 0.717) is 0 Å². The maximum atomic E-state index is 2.80. The van der Waals surface area contributed by atoms with Crippen LogP contribution in [0.1, 0.15) is 53.4 Å². The van der Waals surface area contributed by atoms with E-state index in [1.807, 2.05) is 17.1 Å². The molecule has 0 saturated carbocycles. The van der Waals surface area contributed by atoms with E-state index in [0.717, 1.165) is 11.8 Å². The molecule has 0 radical (unpaired) electrons. The Hall–Kier alpha value is 1.06. The van der Waals surface area contributed by atoms with Gasteiger partial charge in [-0.15, -0.1) is 24.8 Å². The van der Waals surface area contributed by atoms with Gasteiger partial charge in [0.25, 0.3) is 0 Å². The van der Waals surface area contributed by atoms with Crippen LogP contribution in [-0.2, 0) is 17.1 Å². The minimum Gasteiger partial charge on any atom is -0.147 e. The van der Waals surface area contributed by atoms with Crippen molar-refractivity contribution in [2.45, 2.75) is 102 Å². The van der Waals surface area contributed by atoms with E-state index in [-0.39, 0.29) is 24.8 Å². The summed E-state index contributed by atoms with van der Waals surface area (Å²) in [7, 11) is -2.73. The van der Waals surface area contributed by atoms with E-state index < -0.39 is 33.3 Å². The van der Waals surface area contributed by atoms with E-state index in [1.54, 1.807) is 11.1 Å². The SMILES string of the molecule is CC(C)CC1=CC([Si](C)(C)C)=[C]([Hf]([CH3])([CH3])(=[SiH2])[C]2=C([Si](C)(C)C)C=C(CC(C)C)C2)C1.Cl.Cl. The first-order valence-corrected chi connectivity index (χ1v) is 38.4. The Morgan fingerprint density at radius 2 is 1.00 bits per heavy atom. The summed E-state index contributed by atoms with van der Waals surface area (Å²) in [6.45, 7) is 27.5. The summed E-state index contributed by atoms with van der Waals surface area (Å²) in [5, 5.41) is 3.68. The first-order chi connectivity index (χ1) is 13.3. The molecular formula is C26H52Cl2HfSi3. The van der Waals surface area contributed by atoms with Gasteiger partial charge in [-0.2, -0.15) is 0 Å². The van der Waals surface area contributed by atoms with Gasteiger partial charge < -0.3 is 0 Å². The topological polar surface area (TPSA) is 0 Å². The van der Waals surface area contributed by atoms with Crippen LogP contribution >= 0.6 is 24.8 Å². The Bertz CT molecular complexity index is 830. The number of halogens is 2. The zero-order valence-electron chi connectivity index (χ0n) is 23.2. The first-order valence-electron chi connectivity index (χ1n) is 12.3. The van der Waals surface area contributed by atoms with Crippen LogP contribution in [0.4, 0.5) is 0 Å². The molecule has 6 heteroatoms. The molecule has 2 rings (SSSR count). The van der Waals surface area contributed by atoms with Gasteiger partial charge in [0.05, 0.1) is 0 Å². The fraction of sp³-hybridized carbons (Fsp3) is 0.692. The van der Waals surface area contributed by atoms with Crippen molar-refractivity contribution in [2.24, 2.45) is 11.8 Å². The van der Waals surface area contributed by atoms with Gasteiger partial charge in [-0.1, -0.05) is 0 Å². The molecule has 2 aliphatic rings. The number of rotatable bonds is 8. The largest absolute Gasteiger partial charge is 0.147 e. The molecule has 0 aromatic heterocycles. The number of hydrogen-bond donors (Lipinski definition) is 0. The van der Waals surface area contributed by atoms with E-state index in [4.69, 9.17) is 0 Å². The molecule has 0 aliphatic heterocycles. The zero-order valence-corrected chi connectivity index (χ0v) is 31.8. The van der Waals surface area contributed by atoms with Crippen molar-refractivity contribution in [1.29, 1.82) is 0 Å². The molecule has 0 unspecified atom stereocenters. The Kier molecular flexibility index (Phi) is 11.4. The summed E-state index contributed by atoms with van der Waals surface area (Å²) in [5.74, 6) is 1.52. The molecule has 0 bridgehead atoms. The summed E-state index contributed by atoms with van der Waals surface area (Å²) in [5.41, 5.74) is 3.47. The van der Waals surface area contributed by atoms with Crippen LogP contribution in [0, 0.1) is 11.8 Å². The van der Waals surface area contributed by atoms with Crippen LogP contribution in [0.5, 0.6) is 0 Å². The minimum atomic E-state index is -3.37. The minimum absolute atomic E-state index is 0. The average molecular weight is 698 g/mol. The van der Waals surface area contributed by atoms with Crippen LogP contribution in [0.25, 0.3) is 0 Å². The third-order valence-corrected chi connectivity index (χ3v) is 37.1. The van der Waals surface area contributed by atoms with Gasteiger partial charge in [0.2, 0.25) is 0 Å². The second-order valence-corrected chi connectivity index (χ2v) is 65.2. The van der Waals surface area contributed by atoms with Crippen molar-refractivity contribution >= 4 is 47.9 Å². The van der Waals surface area contributed by atoms with Crippen LogP contribution in [0.3, 0.4) is 0 Å². The number of allylic oxidation sites excluding steroid dienone is 8. The maximum Gasteiger partial charge on any atom is -0.147 e. The summed E-state index contributed by atoms with van der Waals surface area (Å²) >= 11 is -3.37. The van der Waals surface area contributed by atoms with Gasteiger partial charge in [0, 0.05) is 0 Å². The molecule has 0 N–H and O–H groups in total. The molecule has 0 heterocycles. The molecule has 32 heavy (non-hydrogen) atoms. The van der Waals surface area contributed by atoms with E-state index >= 15 is 0 Å². The standard InChI is InChI=1S/2C12H21Si.2CH3.2ClH.Hf.H2Si/c2*1-10(2)8-11-6-7-12(9-11)13(3,4)5;;;;;;/h2*9-10H,6,8H2,1-5H3;2*1H3;2*1H;;1H2. The number of hydrogen-bond acceptors (Lipinski definition) is 0. The molecule has 0 aromatic carbocycles. The molecule has 0 atom stereocenters. The predicted octanol–water partition coefficient (Wildman–Crippen LogP) is 9.18. The van der Waals surface area contributed by atoms with Gasteiger partial charge in [0.1, 0.15) is 0 Å². The van der Waals surface area contributed by atoms with Crippen LogP contribution in [0.2, 0.25) is 48.6 Å². The third-order valence-electron chi connectivity index (χ3n) is 7.05. The molecule has 0 spiro atoms. The van der Waals surface area contributed by atoms with Crippen LogP contribution < -0.4 is 0 Å². The Balaban J connectivity index is 0.00000480. The van der Waals surface area contributed by atoms with Crippen molar-refractivity contribution in [3.63, 3.8) is 0 Å². The normalized spacial score (nSPS) is 18.2. The average Bonchev–Trinajstić information content (AvgIpc) is 3.10. The van der Waals surface area contributed by atoms with Crippen LogP contribution in [-0.4, -0.2) is 23.1 Å². The quantitative estimate of drug-likeness (QED) is 0.222. The molecule has 0 saturated heterocycles. The molecule has 0 nitrogen and oxygen atoms in total. The molecule has 0 aromatic rings. The van der Waals surface area contributed by atoms with Crippen molar-refractivity contribution in [3.8, 4) is 0 Å². The van der Waals surface area contributed by atoms with Gasteiger partial charge in [0.15, 0.2) is 0 Å². The molecular weight excluding hydrogens is 646 g/mol. The molecule has 0 amide bonds. The predicted molar refractivity (Wildman–Crippen MR) is 160 cm³/mol. The third kappa shape index (κ3) is 7.53. The molecule has 2 aliphatic carbocycles. The van der Waals surface area contributed by atoms with E-state index in [9.17, 15) is 0 Å². The monoisotopic (exact) mass is 698 g/mol. The Labute approximate surface area is 217 Å². The smallest absolute Gasteiger partial charge is 0.147 e. The summed E-state index contributed by atoms with van der Waals surface area (Å²) < 4.78 is 9.56. The van der Waals surface area contributed by atoms with Gasteiger partial charge in [-0.25, -0.2) is 0 Å². The van der Waals surface area contributed by atoms with Crippen LogP contribution in [0.15, 0.2) is 40.4 Å². The maximum absolute atomic E-state index is 3.37. The van der Waals surface area contributed by atoms with E-state index in [2.05, 4.69) is 95.4 Å². The van der Waals surface area contributed by atoms with Gasteiger partial charge in [-0.05, 0) is 0 Å². The molecule has 186 valence electrons. The fourth-order valence-corrected chi connectivity index (χ4v) is 45.3. The van der Waals surface area contributed by atoms with Crippen molar-refractivity contribution in [3.05, 3.63) is 40.4 Å². The Morgan fingerprint density at radius 3 is 1.22 bits per heavy atom. The van der Waals surface area contributed by atoms with Gasteiger partial charge in [-0.3, -0.25) is 0 Å². The Morgan fingerprint density at radius 1 is 0.719 bits per heavy atom.